The third-order valence-electron chi connectivity index (χ3n) is 3.23. The number of nitrogens with one attached hydrogen (secondary N) is 1. The van der Waals surface area contributed by atoms with Gasteiger partial charge in [0.05, 0.1) is 7.11 Å². The molecule has 1 atom stereocenters. The number of methoxy groups -OCH3 is 1. The van der Waals surface area contributed by atoms with E-state index in [9.17, 15) is 0 Å². The molecule has 1 aliphatic heterocycles. The summed E-state index contributed by atoms with van der Waals surface area (Å²) in [5, 5.41) is 3.71. The Bertz CT molecular complexity index is 390. The summed E-state index contributed by atoms with van der Waals surface area (Å²) in [5.41, 5.74) is 1.47. The molecule has 0 spiro atoms. The number of benzene rings is 1. The zero-order valence-corrected chi connectivity index (χ0v) is 10.3. The van der Waals surface area contributed by atoms with Crippen molar-refractivity contribution >= 4 is 11.8 Å². The zero-order valence-electron chi connectivity index (χ0n) is 9.53. The van der Waals surface area contributed by atoms with Gasteiger partial charge in [0.1, 0.15) is 5.75 Å². The smallest absolute Gasteiger partial charge is 0.119 e. The Morgan fingerprint density at radius 2 is 2.19 bits per heavy atom. The Morgan fingerprint density at radius 1 is 1.31 bits per heavy atom. The van der Waals surface area contributed by atoms with Crippen LogP contribution in [0.4, 0.5) is 0 Å². The van der Waals surface area contributed by atoms with Gasteiger partial charge >= 0.3 is 0 Å². The molecule has 0 amide bonds. The highest BCUT2D eigenvalue weighted by atomic mass is 32.2. The second kappa shape index (κ2) is 4.30. The second-order valence-corrected chi connectivity index (χ2v) is 5.69. The molecule has 1 heterocycles. The molecule has 1 fully saturated rings. The normalized spacial score (nSPS) is 23.9. The van der Waals surface area contributed by atoms with Gasteiger partial charge in [0.15, 0.2) is 0 Å². The molecule has 1 unspecified atom stereocenters. The molecule has 2 aliphatic rings. The quantitative estimate of drug-likeness (QED) is 0.869. The second-order valence-electron chi connectivity index (χ2n) is 4.63. The Hall–Kier alpha value is -0.670. The third kappa shape index (κ3) is 2.20. The number of fused-ring (bicyclic) bond motifs is 1. The van der Waals surface area contributed by atoms with E-state index >= 15 is 0 Å². The van der Waals surface area contributed by atoms with E-state index in [1.54, 1.807) is 7.11 Å². The summed E-state index contributed by atoms with van der Waals surface area (Å²) in [5.74, 6) is 2.16. The van der Waals surface area contributed by atoms with E-state index in [1.807, 2.05) is 11.8 Å². The minimum Gasteiger partial charge on any atom is -0.497 e. The van der Waals surface area contributed by atoms with Crippen LogP contribution in [0.1, 0.15) is 18.4 Å². The van der Waals surface area contributed by atoms with Crippen molar-refractivity contribution in [3.8, 4) is 5.75 Å². The molecule has 2 nitrogen and oxygen atoms in total. The van der Waals surface area contributed by atoms with Gasteiger partial charge in [-0.1, -0.05) is 6.07 Å². The van der Waals surface area contributed by atoms with Crippen LogP contribution in [0.2, 0.25) is 0 Å². The van der Waals surface area contributed by atoms with Crippen LogP contribution in [0, 0.1) is 0 Å². The standard InChI is InChI=1S/C13H17NOS/c1-15-12-5-2-9-6-11(14-10-3-4-10)8-16-13(9)7-12/h2,5,7,10-11,14H,3-4,6,8H2,1H3. The maximum absolute atomic E-state index is 5.25. The fourth-order valence-corrected chi connectivity index (χ4v) is 3.30. The number of thioether (sulfide) groups is 1. The van der Waals surface area contributed by atoms with Crippen LogP contribution in [-0.2, 0) is 6.42 Å². The van der Waals surface area contributed by atoms with Crippen molar-refractivity contribution in [3.05, 3.63) is 23.8 Å². The number of rotatable bonds is 3. The van der Waals surface area contributed by atoms with Crippen molar-refractivity contribution in [2.75, 3.05) is 12.9 Å². The Labute approximate surface area is 101 Å². The van der Waals surface area contributed by atoms with E-state index in [4.69, 9.17) is 4.74 Å². The highest BCUT2D eigenvalue weighted by Crippen LogP contribution is 2.34. The molecule has 0 saturated heterocycles. The van der Waals surface area contributed by atoms with Crippen LogP contribution in [0.15, 0.2) is 23.1 Å². The molecule has 3 heteroatoms. The predicted octanol–water partition coefficient (Wildman–Crippen LogP) is 2.46. The minimum atomic E-state index is 0.665. The van der Waals surface area contributed by atoms with Crippen LogP contribution in [0.5, 0.6) is 5.75 Å². The average Bonchev–Trinajstić information content (AvgIpc) is 3.12. The van der Waals surface area contributed by atoms with Crippen molar-refractivity contribution in [2.45, 2.75) is 36.2 Å². The Morgan fingerprint density at radius 3 is 2.94 bits per heavy atom. The van der Waals surface area contributed by atoms with Crippen LogP contribution in [-0.4, -0.2) is 24.9 Å². The molecule has 3 rings (SSSR count). The zero-order chi connectivity index (χ0) is 11.0. The van der Waals surface area contributed by atoms with Crippen molar-refractivity contribution in [2.24, 2.45) is 0 Å². The van der Waals surface area contributed by atoms with Gasteiger partial charge in [-0.25, -0.2) is 0 Å². The fourth-order valence-electron chi connectivity index (χ4n) is 2.17. The van der Waals surface area contributed by atoms with Gasteiger partial charge in [0.2, 0.25) is 0 Å². The van der Waals surface area contributed by atoms with Gasteiger partial charge in [-0.2, -0.15) is 0 Å². The molecule has 1 aliphatic carbocycles. The topological polar surface area (TPSA) is 21.3 Å². The molecular weight excluding hydrogens is 218 g/mol. The number of hydrogen-bond acceptors (Lipinski definition) is 3. The summed E-state index contributed by atoms with van der Waals surface area (Å²) in [6.45, 7) is 0. The Balaban J connectivity index is 1.73. The first-order valence-corrected chi connectivity index (χ1v) is 6.89. The summed E-state index contributed by atoms with van der Waals surface area (Å²) in [7, 11) is 1.73. The van der Waals surface area contributed by atoms with E-state index in [0.717, 1.165) is 11.8 Å². The van der Waals surface area contributed by atoms with E-state index in [0.29, 0.717) is 6.04 Å². The van der Waals surface area contributed by atoms with E-state index in [-0.39, 0.29) is 0 Å². The molecule has 1 aromatic rings. The van der Waals surface area contributed by atoms with Gasteiger partial charge in [0, 0.05) is 22.7 Å². The molecule has 86 valence electrons. The lowest BCUT2D eigenvalue weighted by atomic mass is 10.1. The van der Waals surface area contributed by atoms with Gasteiger partial charge < -0.3 is 10.1 Å². The first-order chi connectivity index (χ1) is 7.85. The predicted molar refractivity (Wildman–Crippen MR) is 67.4 cm³/mol. The summed E-state index contributed by atoms with van der Waals surface area (Å²) >= 11 is 1.95. The number of ether oxygens (including phenoxy) is 1. The molecule has 0 radical (unpaired) electrons. The van der Waals surface area contributed by atoms with Crippen molar-refractivity contribution in [1.82, 2.24) is 5.32 Å². The SMILES string of the molecule is COc1ccc2c(c1)SCC(NC1CC1)C2. The molecule has 16 heavy (non-hydrogen) atoms. The monoisotopic (exact) mass is 235 g/mol. The first kappa shape index (κ1) is 10.5. The van der Waals surface area contributed by atoms with Gasteiger partial charge in [-0.15, -0.1) is 11.8 Å². The lowest BCUT2D eigenvalue weighted by Crippen LogP contribution is -2.36. The summed E-state index contributed by atoms with van der Waals surface area (Å²) < 4.78 is 5.25. The highest BCUT2D eigenvalue weighted by Gasteiger charge is 2.27. The first-order valence-electron chi connectivity index (χ1n) is 5.91. The average molecular weight is 235 g/mol. The van der Waals surface area contributed by atoms with Crippen molar-refractivity contribution in [1.29, 1.82) is 0 Å². The lowest BCUT2D eigenvalue weighted by molar-refractivity contribution is 0.413. The maximum atomic E-state index is 5.25. The lowest BCUT2D eigenvalue weighted by Gasteiger charge is -2.25. The molecule has 0 aromatic heterocycles. The highest BCUT2D eigenvalue weighted by molar-refractivity contribution is 7.99. The van der Waals surface area contributed by atoms with Gasteiger partial charge in [-0.05, 0) is 37.0 Å². The van der Waals surface area contributed by atoms with Crippen LogP contribution < -0.4 is 10.1 Å². The van der Waals surface area contributed by atoms with E-state index in [1.165, 1.54) is 35.5 Å². The molecule has 1 N–H and O–H groups in total. The van der Waals surface area contributed by atoms with E-state index < -0.39 is 0 Å². The van der Waals surface area contributed by atoms with Crippen LogP contribution >= 0.6 is 11.8 Å². The Kier molecular flexibility index (Phi) is 2.82. The summed E-state index contributed by atoms with van der Waals surface area (Å²) in [6, 6.07) is 7.91. The van der Waals surface area contributed by atoms with Crippen molar-refractivity contribution < 1.29 is 4.74 Å². The minimum absolute atomic E-state index is 0.665. The van der Waals surface area contributed by atoms with E-state index in [2.05, 4.69) is 23.5 Å². The van der Waals surface area contributed by atoms with Gasteiger partial charge in [0.25, 0.3) is 0 Å². The maximum Gasteiger partial charge on any atom is 0.119 e. The number of hydrogen-bond donors (Lipinski definition) is 1. The molecule has 0 bridgehead atoms. The largest absolute Gasteiger partial charge is 0.497 e. The van der Waals surface area contributed by atoms with Crippen LogP contribution in [0.3, 0.4) is 0 Å². The summed E-state index contributed by atoms with van der Waals surface area (Å²) in [4.78, 5) is 1.40. The third-order valence-corrected chi connectivity index (χ3v) is 4.49. The fraction of sp³-hybridized carbons (Fsp3) is 0.538. The van der Waals surface area contributed by atoms with Crippen molar-refractivity contribution in [3.63, 3.8) is 0 Å². The molecule has 1 aromatic carbocycles. The van der Waals surface area contributed by atoms with Crippen LogP contribution in [0.25, 0.3) is 0 Å². The molecule has 1 saturated carbocycles. The van der Waals surface area contributed by atoms with Gasteiger partial charge in [-0.3, -0.25) is 0 Å². The summed E-state index contributed by atoms with van der Waals surface area (Å²) in [6.07, 6.45) is 3.91. The molecular formula is C13H17NOS.